The number of hydrogen-bond acceptors (Lipinski definition) is 6. The minimum absolute atomic E-state index is 0.246. The van der Waals surface area contributed by atoms with E-state index in [1.54, 1.807) is 42.8 Å². The van der Waals surface area contributed by atoms with E-state index in [-0.39, 0.29) is 5.91 Å². The van der Waals surface area contributed by atoms with Crippen LogP contribution in [-0.4, -0.2) is 30.1 Å². The number of thiazole rings is 1. The first-order chi connectivity index (χ1) is 14.1. The van der Waals surface area contributed by atoms with Crippen molar-refractivity contribution in [2.75, 3.05) is 19.5 Å². The van der Waals surface area contributed by atoms with Gasteiger partial charge in [0.2, 0.25) is 0 Å². The molecule has 2 aromatic carbocycles. The first-order valence-corrected chi connectivity index (χ1v) is 9.76. The molecule has 0 fully saturated rings. The number of aromatic nitrogens is 2. The summed E-state index contributed by atoms with van der Waals surface area (Å²) >= 11 is 1.55. The van der Waals surface area contributed by atoms with Crippen molar-refractivity contribution in [1.82, 2.24) is 9.97 Å². The number of nitrogens with zero attached hydrogens (tertiary/aromatic N) is 2. The molecule has 0 saturated heterocycles. The van der Waals surface area contributed by atoms with Gasteiger partial charge in [-0.05, 0) is 55.0 Å². The predicted molar refractivity (Wildman–Crippen MR) is 115 cm³/mol. The number of carbonyl (C=O) groups is 1. The highest BCUT2D eigenvalue weighted by molar-refractivity contribution is 7.21. The average molecular weight is 405 g/mol. The minimum Gasteiger partial charge on any atom is -0.497 e. The number of benzene rings is 2. The standard InChI is InChI=1S/C22H19N3O3S/c1-13-11-14(21-25-18-5-4-10-23-22(18)29-21)6-9-17(13)24-20(26)16-8-7-15(27-2)12-19(16)28-3/h4-12H,1-3H3,(H,24,26). The second-order valence-electron chi connectivity index (χ2n) is 6.40. The van der Waals surface area contributed by atoms with Crippen molar-refractivity contribution in [2.45, 2.75) is 6.92 Å². The van der Waals surface area contributed by atoms with Crippen LogP contribution in [0.3, 0.4) is 0 Å². The SMILES string of the molecule is COc1ccc(C(=O)Nc2ccc(-c3nc4cccnc4s3)cc2C)c(OC)c1. The lowest BCUT2D eigenvalue weighted by Crippen LogP contribution is -2.14. The molecule has 7 heteroatoms. The van der Waals surface area contributed by atoms with E-state index < -0.39 is 0 Å². The Morgan fingerprint density at radius 1 is 1.07 bits per heavy atom. The van der Waals surface area contributed by atoms with Crippen LogP contribution in [0, 0.1) is 6.92 Å². The summed E-state index contributed by atoms with van der Waals surface area (Å²) in [6.45, 7) is 1.95. The number of rotatable bonds is 5. The van der Waals surface area contributed by atoms with E-state index in [1.807, 2.05) is 37.3 Å². The highest BCUT2D eigenvalue weighted by Crippen LogP contribution is 2.31. The van der Waals surface area contributed by atoms with E-state index in [0.717, 1.165) is 32.2 Å². The number of carbonyl (C=O) groups excluding carboxylic acids is 1. The molecule has 0 atom stereocenters. The zero-order valence-electron chi connectivity index (χ0n) is 16.2. The molecule has 0 aliphatic rings. The molecule has 146 valence electrons. The molecule has 1 amide bonds. The molecule has 0 saturated carbocycles. The number of fused-ring (bicyclic) bond motifs is 1. The molecule has 0 spiro atoms. The van der Waals surface area contributed by atoms with Crippen molar-refractivity contribution < 1.29 is 14.3 Å². The lowest BCUT2D eigenvalue weighted by Gasteiger charge is -2.12. The van der Waals surface area contributed by atoms with Crippen LogP contribution in [0.2, 0.25) is 0 Å². The molecule has 0 unspecified atom stereocenters. The zero-order valence-corrected chi connectivity index (χ0v) is 17.0. The summed E-state index contributed by atoms with van der Waals surface area (Å²) in [5.74, 6) is 0.840. The first kappa shape index (κ1) is 18.9. The predicted octanol–water partition coefficient (Wildman–Crippen LogP) is 4.94. The topological polar surface area (TPSA) is 73.3 Å². The van der Waals surface area contributed by atoms with Gasteiger partial charge in [-0.2, -0.15) is 0 Å². The molecule has 4 rings (SSSR count). The molecule has 29 heavy (non-hydrogen) atoms. The molecule has 0 bridgehead atoms. The fourth-order valence-corrected chi connectivity index (χ4v) is 3.91. The summed E-state index contributed by atoms with van der Waals surface area (Å²) in [6, 6.07) is 14.8. The second-order valence-corrected chi connectivity index (χ2v) is 7.37. The largest absolute Gasteiger partial charge is 0.497 e. The third-order valence-corrected chi connectivity index (χ3v) is 5.57. The zero-order chi connectivity index (χ0) is 20.4. The molecular formula is C22H19N3O3S. The number of ether oxygens (including phenoxy) is 2. The Hall–Kier alpha value is -3.45. The minimum atomic E-state index is -0.246. The molecule has 2 heterocycles. The number of pyridine rings is 1. The first-order valence-electron chi connectivity index (χ1n) is 8.95. The van der Waals surface area contributed by atoms with Gasteiger partial charge in [-0.25, -0.2) is 9.97 Å². The normalized spacial score (nSPS) is 10.7. The van der Waals surface area contributed by atoms with E-state index >= 15 is 0 Å². The summed E-state index contributed by atoms with van der Waals surface area (Å²) in [5, 5.41) is 3.85. The quantitative estimate of drug-likeness (QED) is 0.509. The average Bonchev–Trinajstić information content (AvgIpc) is 3.18. The van der Waals surface area contributed by atoms with Gasteiger partial charge in [-0.1, -0.05) is 11.3 Å². The molecular weight excluding hydrogens is 386 g/mol. The maximum absolute atomic E-state index is 12.8. The summed E-state index contributed by atoms with van der Waals surface area (Å²) in [4.78, 5) is 22.7. The Balaban J connectivity index is 1.59. The van der Waals surface area contributed by atoms with Crippen LogP contribution < -0.4 is 14.8 Å². The monoisotopic (exact) mass is 405 g/mol. The van der Waals surface area contributed by atoms with Crippen molar-refractivity contribution in [3.05, 3.63) is 65.9 Å². The van der Waals surface area contributed by atoms with E-state index in [4.69, 9.17) is 9.47 Å². The Bertz CT molecular complexity index is 1170. The maximum atomic E-state index is 12.8. The van der Waals surface area contributed by atoms with Crippen LogP contribution in [0.4, 0.5) is 5.69 Å². The van der Waals surface area contributed by atoms with E-state index in [0.29, 0.717) is 17.1 Å². The van der Waals surface area contributed by atoms with Gasteiger partial charge in [-0.3, -0.25) is 4.79 Å². The number of hydrogen-bond donors (Lipinski definition) is 1. The van der Waals surface area contributed by atoms with Crippen LogP contribution >= 0.6 is 11.3 Å². The number of amides is 1. The van der Waals surface area contributed by atoms with Crippen molar-refractivity contribution in [3.63, 3.8) is 0 Å². The van der Waals surface area contributed by atoms with Crippen LogP contribution in [0.1, 0.15) is 15.9 Å². The van der Waals surface area contributed by atoms with E-state index in [1.165, 1.54) is 7.11 Å². The van der Waals surface area contributed by atoms with Crippen molar-refractivity contribution in [3.8, 4) is 22.1 Å². The van der Waals surface area contributed by atoms with Crippen LogP contribution in [0.5, 0.6) is 11.5 Å². The van der Waals surface area contributed by atoms with E-state index in [2.05, 4.69) is 15.3 Å². The molecule has 0 aliphatic carbocycles. The van der Waals surface area contributed by atoms with Gasteiger partial charge in [0.1, 0.15) is 26.9 Å². The Kier molecular flexibility index (Phi) is 5.14. The second kappa shape index (κ2) is 7.89. The van der Waals surface area contributed by atoms with Gasteiger partial charge >= 0.3 is 0 Å². The van der Waals surface area contributed by atoms with Gasteiger partial charge in [-0.15, -0.1) is 0 Å². The summed E-state index contributed by atoms with van der Waals surface area (Å²) in [6.07, 6.45) is 1.77. The highest BCUT2D eigenvalue weighted by Gasteiger charge is 2.15. The van der Waals surface area contributed by atoms with Crippen molar-refractivity contribution in [1.29, 1.82) is 0 Å². The number of methoxy groups -OCH3 is 2. The maximum Gasteiger partial charge on any atom is 0.259 e. The third-order valence-electron chi connectivity index (χ3n) is 4.54. The summed E-state index contributed by atoms with van der Waals surface area (Å²) < 4.78 is 10.5. The number of aryl methyl sites for hydroxylation is 1. The molecule has 0 radical (unpaired) electrons. The smallest absolute Gasteiger partial charge is 0.259 e. The van der Waals surface area contributed by atoms with Crippen LogP contribution in [0.25, 0.3) is 20.9 Å². The summed E-state index contributed by atoms with van der Waals surface area (Å²) in [5.41, 5.74) is 3.99. The molecule has 1 N–H and O–H groups in total. The third kappa shape index (κ3) is 3.77. The van der Waals surface area contributed by atoms with Crippen molar-refractivity contribution >= 4 is 33.3 Å². The molecule has 2 aromatic heterocycles. The lowest BCUT2D eigenvalue weighted by molar-refractivity contribution is 0.102. The van der Waals surface area contributed by atoms with Gasteiger partial charge in [0.05, 0.1) is 19.8 Å². The van der Waals surface area contributed by atoms with Gasteiger partial charge in [0.15, 0.2) is 0 Å². The summed E-state index contributed by atoms with van der Waals surface area (Å²) in [7, 11) is 3.10. The van der Waals surface area contributed by atoms with Crippen LogP contribution in [-0.2, 0) is 0 Å². The fourth-order valence-electron chi connectivity index (χ4n) is 3.01. The van der Waals surface area contributed by atoms with Gasteiger partial charge in [0.25, 0.3) is 5.91 Å². The number of anilines is 1. The molecule has 6 nitrogen and oxygen atoms in total. The Morgan fingerprint density at radius 2 is 1.93 bits per heavy atom. The Labute approximate surface area is 172 Å². The van der Waals surface area contributed by atoms with Gasteiger partial charge < -0.3 is 14.8 Å². The van der Waals surface area contributed by atoms with Crippen LogP contribution in [0.15, 0.2) is 54.7 Å². The highest BCUT2D eigenvalue weighted by atomic mass is 32.1. The Morgan fingerprint density at radius 3 is 2.66 bits per heavy atom. The molecule has 4 aromatic rings. The van der Waals surface area contributed by atoms with Gasteiger partial charge in [0, 0.05) is 23.5 Å². The number of nitrogens with one attached hydrogen (secondary N) is 1. The lowest BCUT2D eigenvalue weighted by atomic mass is 10.1. The van der Waals surface area contributed by atoms with Crippen molar-refractivity contribution in [2.24, 2.45) is 0 Å². The fraction of sp³-hybridized carbons (Fsp3) is 0.136. The van der Waals surface area contributed by atoms with E-state index in [9.17, 15) is 4.79 Å². The molecule has 0 aliphatic heterocycles.